The molecule has 0 aliphatic rings. The van der Waals surface area contributed by atoms with Gasteiger partial charge in [0.25, 0.3) is 5.56 Å². The average molecular weight is 316 g/mol. The lowest BCUT2D eigenvalue weighted by atomic mass is 10.1. The van der Waals surface area contributed by atoms with Crippen molar-refractivity contribution in [2.24, 2.45) is 0 Å². The molecule has 3 aromatic heterocycles. The standard InChI is InChI=1S/C16H14ClN3O2/c1-2-4-11-7-13(21)20-9-12(17)14(15(22)16(20)19-11)10-5-3-6-18-8-10/h3,5-9,22H,2,4H2,1H3. The molecule has 0 radical (unpaired) electrons. The number of aromatic nitrogens is 3. The van der Waals surface area contributed by atoms with Crippen LogP contribution < -0.4 is 5.56 Å². The van der Waals surface area contributed by atoms with Crippen LogP contribution in [0, 0.1) is 0 Å². The second-order valence-corrected chi connectivity index (χ2v) is 5.38. The number of aryl methyl sites for hydroxylation is 1. The highest BCUT2D eigenvalue weighted by Crippen LogP contribution is 2.37. The van der Waals surface area contributed by atoms with Crippen molar-refractivity contribution in [2.75, 3.05) is 0 Å². The summed E-state index contributed by atoms with van der Waals surface area (Å²) in [4.78, 5) is 20.6. The zero-order valence-electron chi connectivity index (χ0n) is 12.0. The molecule has 0 saturated heterocycles. The first-order valence-corrected chi connectivity index (χ1v) is 7.33. The lowest BCUT2D eigenvalue weighted by molar-refractivity contribution is 0.478. The summed E-state index contributed by atoms with van der Waals surface area (Å²) < 4.78 is 1.26. The smallest absolute Gasteiger partial charge is 0.258 e. The molecule has 5 nitrogen and oxygen atoms in total. The van der Waals surface area contributed by atoms with Gasteiger partial charge in [-0.05, 0) is 12.5 Å². The van der Waals surface area contributed by atoms with Crippen LogP contribution in [-0.2, 0) is 6.42 Å². The van der Waals surface area contributed by atoms with E-state index in [1.165, 1.54) is 16.7 Å². The van der Waals surface area contributed by atoms with Gasteiger partial charge in [-0.3, -0.25) is 14.2 Å². The van der Waals surface area contributed by atoms with Crippen molar-refractivity contribution in [1.29, 1.82) is 0 Å². The Morgan fingerprint density at radius 1 is 1.41 bits per heavy atom. The summed E-state index contributed by atoms with van der Waals surface area (Å²) in [6.45, 7) is 2.01. The maximum Gasteiger partial charge on any atom is 0.258 e. The van der Waals surface area contributed by atoms with Gasteiger partial charge >= 0.3 is 0 Å². The summed E-state index contributed by atoms with van der Waals surface area (Å²) in [6, 6.07) is 5.01. The van der Waals surface area contributed by atoms with E-state index >= 15 is 0 Å². The first kappa shape index (κ1) is 14.5. The molecule has 0 aliphatic carbocycles. The zero-order valence-corrected chi connectivity index (χ0v) is 12.7. The Morgan fingerprint density at radius 3 is 2.91 bits per heavy atom. The minimum atomic E-state index is -0.261. The lowest BCUT2D eigenvalue weighted by Crippen LogP contribution is -2.16. The van der Waals surface area contributed by atoms with Crippen molar-refractivity contribution >= 4 is 17.2 Å². The zero-order chi connectivity index (χ0) is 15.7. The molecule has 0 saturated carbocycles. The number of hydrogen-bond donors (Lipinski definition) is 1. The van der Waals surface area contributed by atoms with E-state index in [0.29, 0.717) is 23.2 Å². The van der Waals surface area contributed by atoms with E-state index in [2.05, 4.69) is 9.97 Å². The van der Waals surface area contributed by atoms with Crippen LogP contribution in [-0.4, -0.2) is 19.5 Å². The Balaban J connectivity index is 2.34. The summed E-state index contributed by atoms with van der Waals surface area (Å²) in [5, 5.41) is 10.8. The normalized spacial score (nSPS) is 11.0. The molecule has 0 spiro atoms. The average Bonchev–Trinajstić information content (AvgIpc) is 2.50. The number of hydrogen-bond acceptors (Lipinski definition) is 4. The molecular weight excluding hydrogens is 302 g/mol. The third-order valence-electron chi connectivity index (χ3n) is 3.39. The van der Waals surface area contributed by atoms with Gasteiger partial charge in [0, 0.05) is 41.5 Å². The second-order valence-electron chi connectivity index (χ2n) is 4.97. The fourth-order valence-electron chi connectivity index (χ4n) is 2.40. The van der Waals surface area contributed by atoms with E-state index in [0.717, 1.165) is 6.42 Å². The number of pyridine rings is 2. The Bertz CT molecular complexity index is 891. The van der Waals surface area contributed by atoms with E-state index in [4.69, 9.17) is 11.6 Å². The summed E-state index contributed by atoms with van der Waals surface area (Å²) in [5.41, 5.74) is 1.70. The van der Waals surface area contributed by atoms with E-state index in [1.54, 1.807) is 24.5 Å². The van der Waals surface area contributed by atoms with Gasteiger partial charge in [-0.1, -0.05) is 31.0 Å². The maximum absolute atomic E-state index is 12.2. The number of nitrogens with zero attached hydrogens (tertiary/aromatic N) is 3. The van der Waals surface area contributed by atoms with Crippen molar-refractivity contribution < 1.29 is 5.11 Å². The first-order valence-electron chi connectivity index (χ1n) is 6.96. The van der Waals surface area contributed by atoms with Crippen LogP contribution in [0.4, 0.5) is 0 Å². The molecule has 0 aromatic carbocycles. The molecule has 22 heavy (non-hydrogen) atoms. The van der Waals surface area contributed by atoms with Gasteiger partial charge in [-0.2, -0.15) is 0 Å². The van der Waals surface area contributed by atoms with Crippen molar-refractivity contribution in [1.82, 2.24) is 14.4 Å². The number of rotatable bonds is 3. The number of halogens is 1. The van der Waals surface area contributed by atoms with Gasteiger partial charge in [0.2, 0.25) is 0 Å². The fourth-order valence-corrected chi connectivity index (χ4v) is 2.70. The van der Waals surface area contributed by atoms with Gasteiger partial charge in [-0.25, -0.2) is 4.98 Å². The van der Waals surface area contributed by atoms with E-state index < -0.39 is 0 Å². The molecule has 3 heterocycles. The SMILES string of the molecule is CCCc1cc(=O)n2cc(Cl)c(-c3cccnc3)c(O)c2n1. The first-order chi connectivity index (χ1) is 10.6. The molecule has 3 aromatic rings. The highest BCUT2D eigenvalue weighted by atomic mass is 35.5. The Labute approximate surface area is 131 Å². The molecule has 1 N–H and O–H groups in total. The van der Waals surface area contributed by atoms with Gasteiger partial charge in [0.1, 0.15) is 0 Å². The molecule has 6 heteroatoms. The van der Waals surface area contributed by atoms with Crippen LogP contribution in [0.1, 0.15) is 19.0 Å². The predicted octanol–water partition coefficient (Wildman–Crippen LogP) is 3.07. The number of fused-ring (bicyclic) bond motifs is 1. The largest absolute Gasteiger partial charge is 0.504 e. The van der Waals surface area contributed by atoms with Crippen LogP contribution in [0.2, 0.25) is 5.02 Å². The van der Waals surface area contributed by atoms with Gasteiger partial charge in [0.15, 0.2) is 11.4 Å². The molecule has 0 unspecified atom stereocenters. The van der Waals surface area contributed by atoms with Gasteiger partial charge in [0.05, 0.1) is 5.02 Å². The second kappa shape index (κ2) is 5.77. The molecule has 0 aliphatic heterocycles. The van der Waals surface area contributed by atoms with Crippen molar-refractivity contribution in [2.45, 2.75) is 19.8 Å². The highest BCUT2D eigenvalue weighted by Gasteiger charge is 2.16. The van der Waals surface area contributed by atoms with Gasteiger partial charge < -0.3 is 5.11 Å². The Kier molecular flexibility index (Phi) is 3.81. The summed E-state index contributed by atoms with van der Waals surface area (Å²) in [7, 11) is 0. The van der Waals surface area contributed by atoms with E-state index in [9.17, 15) is 9.90 Å². The van der Waals surface area contributed by atoms with Crippen LogP contribution in [0.15, 0.2) is 41.6 Å². The fraction of sp³-hybridized carbons (Fsp3) is 0.188. The lowest BCUT2D eigenvalue weighted by Gasteiger charge is -2.11. The molecule has 0 fully saturated rings. The third-order valence-corrected chi connectivity index (χ3v) is 3.68. The summed E-state index contributed by atoms with van der Waals surface area (Å²) >= 11 is 6.24. The monoisotopic (exact) mass is 315 g/mol. The minimum Gasteiger partial charge on any atom is -0.504 e. The van der Waals surface area contributed by atoms with Crippen LogP contribution in [0.3, 0.4) is 0 Å². The maximum atomic E-state index is 12.2. The van der Waals surface area contributed by atoms with Crippen molar-refractivity contribution in [3.05, 3.63) is 57.9 Å². The van der Waals surface area contributed by atoms with Crippen LogP contribution >= 0.6 is 11.6 Å². The van der Waals surface area contributed by atoms with Crippen LogP contribution in [0.25, 0.3) is 16.8 Å². The molecule has 112 valence electrons. The Morgan fingerprint density at radius 2 is 2.23 bits per heavy atom. The summed E-state index contributed by atoms with van der Waals surface area (Å²) in [6.07, 6.45) is 6.26. The molecule has 0 atom stereocenters. The van der Waals surface area contributed by atoms with E-state index in [-0.39, 0.29) is 22.0 Å². The van der Waals surface area contributed by atoms with Crippen molar-refractivity contribution in [3.63, 3.8) is 0 Å². The van der Waals surface area contributed by atoms with E-state index in [1.807, 2.05) is 6.92 Å². The molecule has 0 amide bonds. The Hall–Kier alpha value is -2.40. The van der Waals surface area contributed by atoms with Crippen LogP contribution in [0.5, 0.6) is 5.75 Å². The minimum absolute atomic E-state index is 0.115. The molecule has 3 rings (SSSR count). The van der Waals surface area contributed by atoms with Crippen molar-refractivity contribution in [3.8, 4) is 16.9 Å². The summed E-state index contributed by atoms with van der Waals surface area (Å²) in [5.74, 6) is -0.115. The highest BCUT2D eigenvalue weighted by molar-refractivity contribution is 6.33. The molecule has 0 bridgehead atoms. The predicted molar refractivity (Wildman–Crippen MR) is 85.4 cm³/mol. The number of aromatic hydroxyl groups is 1. The topological polar surface area (TPSA) is 67.5 Å². The third kappa shape index (κ3) is 2.44. The van der Waals surface area contributed by atoms with Gasteiger partial charge in [-0.15, -0.1) is 0 Å². The molecular formula is C16H14ClN3O2. The quantitative estimate of drug-likeness (QED) is 0.806.